The zero-order valence-electron chi connectivity index (χ0n) is 12.2. The lowest BCUT2D eigenvalue weighted by molar-refractivity contribution is 0.789. The van der Waals surface area contributed by atoms with E-state index in [0.29, 0.717) is 0 Å². The van der Waals surface area contributed by atoms with E-state index in [0.717, 1.165) is 21.9 Å². The summed E-state index contributed by atoms with van der Waals surface area (Å²) in [5.74, 6) is 0. The lowest BCUT2D eigenvalue weighted by Crippen LogP contribution is -2.37. The number of aryl methyl sites for hydroxylation is 1. The van der Waals surface area contributed by atoms with Gasteiger partial charge in [0.05, 0.1) is 11.7 Å². The molecule has 0 spiro atoms. The van der Waals surface area contributed by atoms with E-state index in [4.69, 9.17) is 5.73 Å². The van der Waals surface area contributed by atoms with Gasteiger partial charge in [-0.3, -0.25) is 0 Å². The molecule has 1 aliphatic carbocycles. The summed E-state index contributed by atoms with van der Waals surface area (Å²) in [4.78, 5) is 2.26. The van der Waals surface area contributed by atoms with Gasteiger partial charge in [0.2, 0.25) is 0 Å². The predicted molar refractivity (Wildman–Crippen MR) is 97.3 cm³/mol. The van der Waals surface area contributed by atoms with Gasteiger partial charge in [0.1, 0.15) is 4.61 Å². The molecule has 0 saturated heterocycles. The Morgan fingerprint density at radius 1 is 1.43 bits per heavy atom. The summed E-state index contributed by atoms with van der Waals surface area (Å²) in [5.41, 5.74) is 12.4. The van der Waals surface area contributed by atoms with Crippen LogP contribution in [0.4, 0.5) is 5.69 Å². The van der Waals surface area contributed by atoms with Gasteiger partial charge in [-0.05, 0) is 75.3 Å². The molecule has 1 aliphatic heterocycles. The number of allylic oxidation sites excluding steroid dienone is 2. The summed E-state index contributed by atoms with van der Waals surface area (Å²) in [6.45, 7) is 4.35. The molecular formula is C17H18Br2N2. The first-order valence-corrected chi connectivity index (χ1v) is 8.70. The van der Waals surface area contributed by atoms with E-state index in [1.165, 1.54) is 28.0 Å². The van der Waals surface area contributed by atoms with Crippen LogP contribution in [0, 0.1) is 6.92 Å². The summed E-state index contributed by atoms with van der Waals surface area (Å²) in [6.07, 6.45) is 8.37. The Bertz CT molecular complexity index is 686. The number of hydrogen-bond donors (Lipinski definition) is 1. The first kappa shape index (κ1) is 14.9. The summed E-state index contributed by atoms with van der Waals surface area (Å²) >= 11 is 7.40. The number of hydrogen-bond acceptors (Lipinski definition) is 2. The van der Waals surface area contributed by atoms with Gasteiger partial charge < -0.3 is 10.6 Å². The molecule has 21 heavy (non-hydrogen) atoms. The van der Waals surface area contributed by atoms with Gasteiger partial charge in [-0.2, -0.15) is 0 Å². The van der Waals surface area contributed by atoms with E-state index < -0.39 is 0 Å². The fourth-order valence-electron chi connectivity index (χ4n) is 3.21. The van der Waals surface area contributed by atoms with Gasteiger partial charge >= 0.3 is 0 Å². The van der Waals surface area contributed by atoms with E-state index in [2.05, 4.69) is 74.9 Å². The molecule has 4 heteroatoms. The Morgan fingerprint density at radius 3 is 2.90 bits per heavy atom. The van der Waals surface area contributed by atoms with Crippen molar-refractivity contribution in [3.05, 3.63) is 56.3 Å². The van der Waals surface area contributed by atoms with Crippen LogP contribution in [0.3, 0.4) is 0 Å². The molecular weight excluding hydrogens is 392 g/mol. The highest BCUT2D eigenvalue weighted by molar-refractivity contribution is 9.11. The Morgan fingerprint density at radius 2 is 2.19 bits per heavy atom. The average molecular weight is 410 g/mol. The van der Waals surface area contributed by atoms with Gasteiger partial charge in [0.15, 0.2) is 0 Å². The third-order valence-electron chi connectivity index (χ3n) is 4.29. The van der Waals surface area contributed by atoms with Crippen molar-refractivity contribution in [3.8, 4) is 0 Å². The summed E-state index contributed by atoms with van der Waals surface area (Å²) in [5, 5.41) is 0. The smallest absolute Gasteiger partial charge is 0.101 e. The molecule has 0 radical (unpaired) electrons. The van der Waals surface area contributed by atoms with E-state index in [1.54, 1.807) is 6.20 Å². The van der Waals surface area contributed by atoms with Crippen LogP contribution in [0.5, 0.6) is 0 Å². The largest absolute Gasteiger partial charge is 0.402 e. The minimum absolute atomic E-state index is 0.260. The molecule has 1 aromatic rings. The van der Waals surface area contributed by atoms with Crippen molar-refractivity contribution < 1.29 is 0 Å². The molecule has 0 amide bonds. The summed E-state index contributed by atoms with van der Waals surface area (Å²) in [6, 6.07) is 4.68. The highest BCUT2D eigenvalue weighted by Crippen LogP contribution is 2.48. The number of anilines is 1. The summed E-state index contributed by atoms with van der Waals surface area (Å²) in [7, 11) is 0. The van der Waals surface area contributed by atoms with E-state index >= 15 is 0 Å². The molecule has 0 bridgehead atoms. The van der Waals surface area contributed by atoms with Crippen molar-refractivity contribution in [1.29, 1.82) is 0 Å². The number of nitrogens with zero attached hydrogens (tertiary/aromatic N) is 1. The fourth-order valence-corrected chi connectivity index (χ4v) is 4.24. The average Bonchev–Trinajstić information content (AvgIpc) is 2.51. The van der Waals surface area contributed by atoms with Crippen LogP contribution in [0.1, 0.15) is 30.9 Å². The molecule has 2 nitrogen and oxygen atoms in total. The number of benzene rings is 1. The number of fused-ring (bicyclic) bond motifs is 2. The first-order valence-electron chi connectivity index (χ1n) is 7.12. The molecule has 1 aromatic carbocycles. The lowest BCUT2D eigenvalue weighted by atomic mass is 9.83. The minimum atomic E-state index is 0.260. The first-order chi connectivity index (χ1) is 10.1. The highest BCUT2D eigenvalue weighted by Gasteiger charge is 2.33. The maximum atomic E-state index is 5.78. The molecule has 1 heterocycles. The molecule has 2 aliphatic rings. The third kappa shape index (κ3) is 2.29. The molecule has 0 aromatic heterocycles. The lowest BCUT2D eigenvalue weighted by Gasteiger charge is -2.40. The van der Waals surface area contributed by atoms with Gasteiger partial charge in [-0.25, -0.2) is 0 Å². The van der Waals surface area contributed by atoms with Crippen LogP contribution < -0.4 is 10.6 Å². The minimum Gasteiger partial charge on any atom is -0.402 e. The predicted octanol–water partition coefficient (Wildman–Crippen LogP) is 5.22. The maximum absolute atomic E-state index is 5.78. The fraction of sp³-hybridized carbons (Fsp3) is 0.294. The van der Waals surface area contributed by atoms with Crippen LogP contribution in [-0.4, -0.2) is 6.04 Å². The Labute approximate surface area is 142 Å². The van der Waals surface area contributed by atoms with Crippen molar-refractivity contribution in [1.82, 2.24) is 0 Å². The Kier molecular flexibility index (Phi) is 4.02. The quantitative estimate of drug-likeness (QED) is 0.644. The molecule has 3 rings (SSSR count). The topological polar surface area (TPSA) is 29.3 Å². The second kappa shape index (κ2) is 5.65. The second-order valence-corrected chi connectivity index (χ2v) is 7.11. The molecule has 1 unspecified atom stereocenters. The van der Waals surface area contributed by atoms with Crippen molar-refractivity contribution in [2.24, 2.45) is 5.73 Å². The van der Waals surface area contributed by atoms with Crippen molar-refractivity contribution in [2.75, 3.05) is 4.90 Å². The highest BCUT2D eigenvalue weighted by atomic mass is 79.9. The Hall–Kier alpha value is -1.00. The molecule has 110 valence electrons. The number of nitrogens with two attached hydrogens (primary N) is 1. The molecule has 0 fully saturated rings. The number of halogens is 2. The SMILES string of the molecule is Cc1ccc2c(c1Br)N(/C(Br)=C\N)C(C)C1=C2CCC=C1. The van der Waals surface area contributed by atoms with Crippen LogP contribution >= 0.6 is 31.9 Å². The second-order valence-electron chi connectivity index (χ2n) is 5.50. The van der Waals surface area contributed by atoms with Crippen molar-refractivity contribution in [3.63, 3.8) is 0 Å². The van der Waals surface area contributed by atoms with Gasteiger partial charge in [0.25, 0.3) is 0 Å². The maximum Gasteiger partial charge on any atom is 0.101 e. The zero-order chi connectivity index (χ0) is 15.1. The van der Waals surface area contributed by atoms with Gasteiger partial charge in [0, 0.05) is 16.2 Å². The Balaban J connectivity index is 2.32. The van der Waals surface area contributed by atoms with Crippen LogP contribution in [0.2, 0.25) is 0 Å². The monoisotopic (exact) mass is 408 g/mol. The molecule has 0 saturated carbocycles. The normalized spacial score (nSPS) is 21.4. The van der Waals surface area contributed by atoms with Crippen molar-refractivity contribution in [2.45, 2.75) is 32.7 Å². The standard InChI is InChI=1S/C17H18Br2N2/c1-10-7-8-14-13-6-4-3-5-12(13)11(2)21(15(18)9-20)17(14)16(10)19/h3,5,7-9,11H,4,6,20H2,1-2H3/b15-9-. The molecule has 1 atom stereocenters. The van der Waals surface area contributed by atoms with E-state index in [-0.39, 0.29) is 6.04 Å². The van der Waals surface area contributed by atoms with Crippen LogP contribution in [0.15, 0.2) is 45.1 Å². The molecule has 2 N–H and O–H groups in total. The van der Waals surface area contributed by atoms with E-state index in [9.17, 15) is 0 Å². The van der Waals surface area contributed by atoms with Gasteiger partial charge in [-0.1, -0.05) is 24.3 Å². The van der Waals surface area contributed by atoms with Crippen molar-refractivity contribution >= 4 is 43.1 Å². The third-order valence-corrected chi connectivity index (χ3v) is 5.93. The zero-order valence-corrected chi connectivity index (χ0v) is 15.3. The van der Waals surface area contributed by atoms with Gasteiger partial charge in [-0.15, -0.1) is 0 Å². The van der Waals surface area contributed by atoms with Crippen LogP contribution in [0.25, 0.3) is 5.57 Å². The van der Waals surface area contributed by atoms with E-state index in [1.807, 2.05) is 0 Å². The number of rotatable bonds is 1. The van der Waals surface area contributed by atoms with Crippen LogP contribution in [-0.2, 0) is 0 Å². The summed E-state index contributed by atoms with van der Waals surface area (Å²) < 4.78 is 2.04.